The molecule has 1 atom stereocenters. The van der Waals surface area contributed by atoms with Crippen LogP contribution in [0.4, 0.5) is 0 Å². The number of imidazole rings is 1. The summed E-state index contributed by atoms with van der Waals surface area (Å²) in [5.41, 5.74) is 0. The quantitative estimate of drug-likeness (QED) is 0.747. The van der Waals surface area contributed by atoms with Crippen molar-refractivity contribution in [2.24, 2.45) is 5.92 Å². The maximum Gasteiger partial charge on any atom is 0.222 e. The van der Waals surface area contributed by atoms with Crippen molar-refractivity contribution >= 4 is 5.91 Å². The van der Waals surface area contributed by atoms with Crippen LogP contribution in [-0.4, -0.2) is 59.0 Å². The van der Waals surface area contributed by atoms with E-state index in [0.717, 1.165) is 63.6 Å². The van der Waals surface area contributed by atoms with E-state index >= 15 is 0 Å². The van der Waals surface area contributed by atoms with Crippen molar-refractivity contribution in [1.29, 1.82) is 0 Å². The van der Waals surface area contributed by atoms with Crippen LogP contribution in [0.3, 0.4) is 0 Å². The summed E-state index contributed by atoms with van der Waals surface area (Å²) in [6.45, 7) is 3.76. The second-order valence-corrected chi connectivity index (χ2v) is 8.50. The maximum absolute atomic E-state index is 12.7. The van der Waals surface area contributed by atoms with Gasteiger partial charge in [-0.2, -0.15) is 0 Å². The molecule has 5 heteroatoms. The van der Waals surface area contributed by atoms with Crippen LogP contribution in [-0.2, 0) is 11.3 Å². The lowest BCUT2D eigenvalue weighted by Gasteiger charge is -2.33. The van der Waals surface area contributed by atoms with Gasteiger partial charge in [-0.05, 0) is 39.3 Å². The molecule has 1 amide bonds. The van der Waals surface area contributed by atoms with Crippen molar-refractivity contribution in [1.82, 2.24) is 19.4 Å². The third kappa shape index (κ3) is 5.32. The number of carbonyl (C=O) groups excluding carboxylic acids is 1. The molecule has 2 fully saturated rings. The molecule has 146 valence electrons. The van der Waals surface area contributed by atoms with Gasteiger partial charge in [0.15, 0.2) is 0 Å². The summed E-state index contributed by atoms with van der Waals surface area (Å²) in [6, 6.07) is 0. The lowest BCUT2D eigenvalue weighted by atomic mass is 9.86. The van der Waals surface area contributed by atoms with E-state index in [4.69, 9.17) is 0 Å². The minimum Gasteiger partial charge on any atom is -0.342 e. The Hall–Kier alpha value is -1.36. The number of likely N-dealkylation sites (N-methyl/N-ethyl adjacent to an activating group) is 1. The Bertz CT molecular complexity index is 562. The molecule has 0 radical (unpaired) electrons. The summed E-state index contributed by atoms with van der Waals surface area (Å²) in [4.78, 5) is 21.7. The van der Waals surface area contributed by atoms with E-state index in [1.165, 1.54) is 32.1 Å². The van der Waals surface area contributed by atoms with E-state index in [9.17, 15) is 4.79 Å². The fraction of sp³-hybridized carbons (Fsp3) is 0.810. The highest BCUT2D eigenvalue weighted by Gasteiger charge is 2.27. The maximum atomic E-state index is 12.7. The summed E-state index contributed by atoms with van der Waals surface area (Å²) >= 11 is 0. The van der Waals surface area contributed by atoms with Gasteiger partial charge in [-0.25, -0.2) is 4.98 Å². The molecule has 0 aromatic carbocycles. The van der Waals surface area contributed by atoms with Gasteiger partial charge in [0.1, 0.15) is 5.82 Å². The van der Waals surface area contributed by atoms with E-state index in [-0.39, 0.29) is 0 Å². The van der Waals surface area contributed by atoms with Crippen molar-refractivity contribution in [3.05, 3.63) is 18.2 Å². The summed E-state index contributed by atoms with van der Waals surface area (Å²) in [5.74, 6) is 2.71. The summed E-state index contributed by atoms with van der Waals surface area (Å²) in [7, 11) is 4.20. The van der Waals surface area contributed by atoms with Gasteiger partial charge in [0.2, 0.25) is 5.91 Å². The van der Waals surface area contributed by atoms with Gasteiger partial charge < -0.3 is 14.4 Å². The predicted molar refractivity (Wildman–Crippen MR) is 105 cm³/mol. The zero-order chi connectivity index (χ0) is 18.4. The molecule has 5 nitrogen and oxygen atoms in total. The summed E-state index contributed by atoms with van der Waals surface area (Å²) in [5, 5.41) is 0. The lowest BCUT2D eigenvalue weighted by Crippen LogP contribution is -2.40. The number of hydrogen-bond acceptors (Lipinski definition) is 3. The molecule has 1 aliphatic carbocycles. The first-order valence-corrected chi connectivity index (χ1v) is 10.6. The first-order chi connectivity index (χ1) is 12.6. The second-order valence-electron chi connectivity index (χ2n) is 8.50. The van der Waals surface area contributed by atoms with E-state index in [1.54, 1.807) is 0 Å². The van der Waals surface area contributed by atoms with Gasteiger partial charge >= 0.3 is 0 Å². The van der Waals surface area contributed by atoms with Crippen LogP contribution in [0.25, 0.3) is 0 Å². The normalized spacial score (nSPS) is 22.1. The molecule has 2 heterocycles. The van der Waals surface area contributed by atoms with E-state index < -0.39 is 0 Å². The van der Waals surface area contributed by atoms with Gasteiger partial charge in [0.25, 0.3) is 0 Å². The van der Waals surface area contributed by atoms with Crippen molar-refractivity contribution in [2.75, 3.05) is 33.7 Å². The van der Waals surface area contributed by atoms with Crippen LogP contribution in [0.2, 0.25) is 0 Å². The molecule has 26 heavy (non-hydrogen) atoms. The predicted octanol–water partition coefficient (Wildman–Crippen LogP) is 3.51. The number of hydrogen-bond donors (Lipinski definition) is 0. The van der Waals surface area contributed by atoms with Gasteiger partial charge in [-0.3, -0.25) is 4.79 Å². The van der Waals surface area contributed by atoms with Crippen molar-refractivity contribution in [2.45, 2.75) is 70.3 Å². The average Bonchev–Trinajstić information content (AvgIpc) is 3.14. The third-order valence-electron chi connectivity index (χ3n) is 6.17. The Balaban J connectivity index is 1.52. The largest absolute Gasteiger partial charge is 0.342 e. The molecule has 1 saturated heterocycles. The number of aromatic nitrogens is 2. The summed E-state index contributed by atoms with van der Waals surface area (Å²) < 4.78 is 2.28. The smallest absolute Gasteiger partial charge is 0.222 e. The number of nitrogens with zero attached hydrogens (tertiary/aromatic N) is 4. The van der Waals surface area contributed by atoms with Crippen LogP contribution < -0.4 is 0 Å². The van der Waals surface area contributed by atoms with E-state index in [2.05, 4.69) is 39.6 Å². The Morgan fingerprint density at radius 3 is 2.77 bits per heavy atom. The zero-order valence-electron chi connectivity index (χ0n) is 16.7. The Morgan fingerprint density at radius 2 is 2.00 bits per heavy atom. The topological polar surface area (TPSA) is 41.4 Å². The second kappa shape index (κ2) is 9.54. The fourth-order valence-corrected chi connectivity index (χ4v) is 4.55. The standard InChI is InChI=1S/C21H36N4O/c1-23(2)15-16-24-14-12-22-21(24)19-9-6-13-25(17-19)20(26)11-10-18-7-4-3-5-8-18/h12,14,18-19H,3-11,13,15-17H2,1-2H3. The average molecular weight is 361 g/mol. The number of rotatable bonds is 7. The van der Waals surface area contributed by atoms with Crippen LogP contribution >= 0.6 is 0 Å². The molecular weight excluding hydrogens is 324 g/mol. The minimum absolute atomic E-state index is 0.367. The van der Waals surface area contributed by atoms with Gasteiger partial charge in [-0.15, -0.1) is 0 Å². The van der Waals surface area contributed by atoms with Gasteiger partial charge in [0.05, 0.1) is 0 Å². The third-order valence-corrected chi connectivity index (χ3v) is 6.17. The molecule has 0 bridgehead atoms. The van der Waals surface area contributed by atoms with Gasteiger partial charge in [-0.1, -0.05) is 32.1 Å². The zero-order valence-corrected chi connectivity index (χ0v) is 16.7. The monoisotopic (exact) mass is 360 g/mol. The fourth-order valence-electron chi connectivity index (χ4n) is 4.55. The van der Waals surface area contributed by atoms with Crippen LogP contribution in [0, 0.1) is 5.92 Å². The van der Waals surface area contributed by atoms with Gasteiger partial charge in [0, 0.05) is 50.9 Å². The highest BCUT2D eigenvalue weighted by molar-refractivity contribution is 5.76. The van der Waals surface area contributed by atoms with E-state index in [1.807, 2.05) is 6.20 Å². The molecule has 3 rings (SSSR count). The highest BCUT2D eigenvalue weighted by Crippen LogP contribution is 2.29. The Morgan fingerprint density at radius 1 is 1.19 bits per heavy atom. The number of likely N-dealkylation sites (tertiary alicyclic amines) is 1. The molecule has 1 unspecified atom stereocenters. The highest BCUT2D eigenvalue weighted by atomic mass is 16.2. The van der Waals surface area contributed by atoms with E-state index in [0.29, 0.717) is 11.8 Å². The first-order valence-electron chi connectivity index (χ1n) is 10.6. The SMILES string of the molecule is CN(C)CCn1ccnc1C1CCCN(C(=O)CCC2CCCCC2)C1. The van der Waals surface area contributed by atoms with Crippen LogP contribution in [0.5, 0.6) is 0 Å². The Labute approximate surface area is 158 Å². The number of amides is 1. The van der Waals surface area contributed by atoms with Crippen LogP contribution in [0.1, 0.15) is 69.5 Å². The van der Waals surface area contributed by atoms with Crippen LogP contribution in [0.15, 0.2) is 12.4 Å². The Kier molecular flexibility index (Phi) is 7.12. The molecule has 0 spiro atoms. The van der Waals surface area contributed by atoms with Crippen molar-refractivity contribution in [3.8, 4) is 0 Å². The summed E-state index contributed by atoms with van der Waals surface area (Å²) in [6.07, 6.45) is 14.9. The molecular formula is C21H36N4O. The molecule has 1 aromatic heterocycles. The number of piperidine rings is 1. The molecule has 2 aliphatic rings. The van der Waals surface area contributed by atoms with Crippen molar-refractivity contribution < 1.29 is 4.79 Å². The first kappa shape index (κ1) is 19.4. The minimum atomic E-state index is 0.367. The van der Waals surface area contributed by atoms with Crippen molar-refractivity contribution in [3.63, 3.8) is 0 Å². The molecule has 1 aromatic rings. The number of carbonyl (C=O) groups is 1. The molecule has 0 N–H and O–H groups in total. The lowest BCUT2D eigenvalue weighted by molar-refractivity contribution is -0.132. The molecule has 1 saturated carbocycles. The molecule has 1 aliphatic heterocycles.